The molecule has 4 aromatic rings. The van der Waals surface area contributed by atoms with E-state index in [1.807, 2.05) is 36.9 Å². The maximum atomic E-state index is 13.4. The Labute approximate surface area is 249 Å². The number of halogens is 3. The molecule has 1 aromatic carbocycles. The average molecular weight is 594 g/mol. The molecule has 0 bridgehead atoms. The van der Waals surface area contributed by atoms with Crippen LogP contribution in [0.4, 0.5) is 11.5 Å². The summed E-state index contributed by atoms with van der Waals surface area (Å²) in [6.07, 6.45) is 3.50. The van der Waals surface area contributed by atoms with Crippen molar-refractivity contribution in [3.05, 3.63) is 76.0 Å². The number of hydrogen-bond donors (Lipinski definition) is 2. The highest BCUT2D eigenvalue weighted by atomic mass is 35.5. The fourth-order valence-corrected chi connectivity index (χ4v) is 5.10. The summed E-state index contributed by atoms with van der Waals surface area (Å²) in [5, 5.41) is 7.58. The SMILES string of the molecule is CC(C)n1c(=O)c2cnc(Nc3ccc4c(c3)CNCC4(C)C)cc2n1-c1ccnc(C(C)(C)C)c1.Cl.Cl.Cl. The predicted octanol–water partition coefficient (Wildman–Crippen LogP) is 6.85. The molecule has 0 amide bonds. The highest BCUT2D eigenvalue weighted by Gasteiger charge is 2.27. The Kier molecular flexibility index (Phi) is 9.94. The molecule has 0 spiro atoms. The van der Waals surface area contributed by atoms with Gasteiger partial charge in [0.05, 0.1) is 16.6 Å². The van der Waals surface area contributed by atoms with Crippen LogP contribution in [-0.2, 0) is 17.4 Å². The zero-order valence-corrected chi connectivity index (χ0v) is 26.0. The predicted molar refractivity (Wildman–Crippen MR) is 168 cm³/mol. The fraction of sp³-hybridized carbons (Fsp3) is 0.414. The van der Waals surface area contributed by atoms with Gasteiger partial charge in [0.15, 0.2) is 0 Å². The van der Waals surface area contributed by atoms with Gasteiger partial charge in [0.2, 0.25) is 0 Å². The van der Waals surface area contributed by atoms with Crippen LogP contribution in [0, 0.1) is 0 Å². The van der Waals surface area contributed by atoms with Crippen LogP contribution in [0.2, 0.25) is 0 Å². The molecular weight excluding hydrogens is 555 g/mol. The average Bonchev–Trinajstić information content (AvgIpc) is 3.10. The van der Waals surface area contributed by atoms with Crippen molar-refractivity contribution in [2.75, 3.05) is 11.9 Å². The smallest absolute Gasteiger partial charge is 0.276 e. The molecule has 1 aliphatic heterocycles. The van der Waals surface area contributed by atoms with Crippen molar-refractivity contribution >= 4 is 59.6 Å². The minimum absolute atomic E-state index is 0. The van der Waals surface area contributed by atoms with Gasteiger partial charge in [-0.1, -0.05) is 40.7 Å². The molecule has 0 atom stereocenters. The lowest BCUT2D eigenvalue weighted by molar-refractivity contribution is 0.435. The van der Waals surface area contributed by atoms with Crippen molar-refractivity contribution in [3.63, 3.8) is 0 Å². The van der Waals surface area contributed by atoms with Crippen LogP contribution >= 0.6 is 37.2 Å². The molecule has 0 saturated carbocycles. The van der Waals surface area contributed by atoms with Crippen LogP contribution in [-0.4, -0.2) is 25.9 Å². The van der Waals surface area contributed by atoms with E-state index in [9.17, 15) is 4.79 Å². The molecule has 0 radical (unpaired) electrons. The Morgan fingerprint density at radius 2 is 1.74 bits per heavy atom. The molecule has 7 nitrogen and oxygen atoms in total. The Morgan fingerprint density at radius 3 is 2.41 bits per heavy atom. The summed E-state index contributed by atoms with van der Waals surface area (Å²) in [6, 6.07) is 12.5. The Hall–Kier alpha value is -2.58. The lowest BCUT2D eigenvalue weighted by Gasteiger charge is -2.33. The maximum absolute atomic E-state index is 13.4. The molecule has 10 heteroatoms. The topological polar surface area (TPSA) is 76.8 Å². The van der Waals surface area contributed by atoms with E-state index in [0.29, 0.717) is 11.2 Å². The third-order valence-corrected chi connectivity index (χ3v) is 7.00. The molecule has 0 saturated heterocycles. The van der Waals surface area contributed by atoms with Crippen molar-refractivity contribution in [1.29, 1.82) is 0 Å². The van der Waals surface area contributed by atoms with Crippen LogP contribution in [0.1, 0.15) is 71.3 Å². The van der Waals surface area contributed by atoms with Crippen molar-refractivity contribution in [2.24, 2.45) is 0 Å². The number of hydrogen-bond acceptors (Lipinski definition) is 5. The minimum Gasteiger partial charge on any atom is -0.340 e. The second-order valence-corrected chi connectivity index (χ2v) is 11.8. The van der Waals surface area contributed by atoms with Crippen molar-refractivity contribution in [1.82, 2.24) is 24.6 Å². The van der Waals surface area contributed by atoms with E-state index in [0.717, 1.165) is 35.7 Å². The minimum atomic E-state index is -0.105. The first kappa shape index (κ1) is 32.6. The zero-order chi connectivity index (χ0) is 25.8. The van der Waals surface area contributed by atoms with Gasteiger partial charge in [-0.15, -0.1) is 37.2 Å². The number of rotatable bonds is 4. The summed E-state index contributed by atoms with van der Waals surface area (Å²) >= 11 is 0. The Balaban J connectivity index is 0.00000178. The number of benzene rings is 1. The first-order valence-corrected chi connectivity index (χ1v) is 12.7. The molecule has 5 rings (SSSR count). The second kappa shape index (κ2) is 11.9. The van der Waals surface area contributed by atoms with Gasteiger partial charge in [-0.2, -0.15) is 0 Å². The molecule has 39 heavy (non-hydrogen) atoms. The largest absolute Gasteiger partial charge is 0.340 e. The van der Waals surface area contributed by atoms with Gasteiger partial charge in [-0.3, -0.25) is 9.78 Å². The standard InChI is InChI=1S/C29H36N6O.3ClH/c1-18(2)34-27(36)22-16-32-26(33-20-8-9-23-19(12-20)15-30-17-29(23,6)7)14-24(22)35(34)21-10-11-31-25(13-21)28(3,4)5;;;/h8-14,16,18,30H,15,17H2,1-7H3,(H,32,33);3*1H. The lowest BCUT2D eigenvalue weighted by Crippen LogP contribution is -2.38. The van der Waals surface area contributed by atoms with Gasteiger partial charge in [-0.25, -0.2) is 14.3 Å². The van der Waals surface area contributed by atoms with E-state index < -0.39 is 0 Å². The molecule has 1 aliphatic rings. The van der Waals surface area contributed by atoms with Gasteiger partial charge in [0, 0.05) is 59.8 Å². The van der Waals surface area contributed by atoms with Gasteiger partial charge >= 0.3 is 0 Å². The number of nitrogens with one attached hydrogen (secondary N) is 2. The number of anilines is 2. The number of pyridine rings is 2. The molecule has 4 heterocycles. The summed E-state index contributed by atoms with van der Waals surface area (Å²) < 4.78 is 3.80. The van der Waals surface area contributed by atoms with Crippen molar-refractivity contribution < 1.29 is 0 Å². The second-order valence-electron chi connectivity index (χ2n) is 11.8. The molecule has 2 N–H and O–H groups in total. The molecule has 0 fully saturated rings. The Bertz CT molecular complexity index is 1520. The molecule has 212 valence electrons. The summed E-state index contributed by atoms with van der Waals surface area (Å²) in [4.78, 5) is 22.6. The molecule has 3 aromatic heterocycles. The first-order valence-electron chi connectivity index (χ1n) is 12.7. The van der Waals surface area contributed by atoms with Crippen LogP contribution in [0.25, 0.3) is 16.6 Å². The molecular formula is C29H39Cl3N6O. The highest BCUT2D eigenvalue weighted by molar-refractivity contribution is 5.86. The number of aromatic nitrogens is 4. The maximum Gasteiger partial charge on any atom is 0.276 e. The monoisotopic (exact) mass is 592 g/mol. The third kappa shape index (κ3) is 6.12. The summed E-state index contributed by atoms with van der Waals surface area (Å²) in [5.41, 5.74) is 6.32. The normalized spacial score (nSPS) is 14.2. The number of nitrogens with zero attached hydrogens (tertiary/aromatic N) is 4. The highest BCUT2D eigenvalue weighted by Crippen LogP contribution is 2.32. The van der Waals surface area contributed by atoms with Gasteiger partial charge < -0.3 is 10.6 Å². The van der Waals surface area contributed by atoms with Crippen molar-refractivity contribution in [3.8, 4) is 5.69 Å². The zero-order valence-electron chi connectivity index (χ0n) is 23.5. The summed E-state index contributed by atoms with van der Waals surface area (Å²) in [6.45, 7) is 16.8. The fourth-order valence-electron chi connectivity index (χ4n) is 5.10. The van der Waals surface area contributed by atoms with E-state index in [-0.39, 0.29) is 59.7 Å². The molecule has 0 aliphatic carbocycles. The molecule has 0 unspecified atom stereocenters. The van der Waals surface area contributed by atoms with Crippen LogP contribution < -0.4 is 16.2 Å². The van der Waals surface area contributed by atoms with Gasteiger partial charge in [-0.05, 0) is 49.2 Å². The lowest BCUT2D eigenvalue weighted by atomic mass is 9.79. The van der Waals surface area contributed by atoms with Crippen molar-refractivity contribution in [2.45, 2.75) is 71.9 Å². The van der Waals surface area contributed by atoms with E-state index in [1.54, 1.807) is 10.9 Å². The van der Waals surface area contributed by atoms with Crippen LogP contribution in [0.5, 0.6) is 0 Å². The van der Waals surface area contributed by atoms with E-state index in [4.69, 9.17) is 0 Å². The van der Waals surface area contributed by atoms with E-state index in [1.165, 1.54) is 11.1 Å². The summed E-state index contributed by atoms with van der Waals surface area (Å²) in [7, 11) is 0. The quantitative estimate of drug-likeness (QED) is 0.271. The van der Waals surface area contributed by atoms with Crippen LogP contribution in [0.3, 0.4) is 0 Å². The van der Waals surface area contributed by atoms with E-state index >= 15 is 0 Å². The van der Waals surface area contributed by atoms with E-state index in [2.05, 4.69) is 79.5 Å². The first-order chi connectivity index (χ1) is 17.0. The van der Waals surface area contributed by atoms with Gasteiger partial charge in [0.25, 0.3) is 5.56 Å². The van der Waals surface area contributed by atoms with Gasteiger partial charge in [0.1, 0.15) is 5.82 Å². The number of fused-ring (bicyclic) bond motifs is 2. The Morgan fingerprint density at radius 1 is 1.03 bits per heavy atom. The van der Waals surface area contributed by atoms with Crippen LogP contribution in [0.15, 0.2) is 53.6 Å². The third-order valence-electron chi connectivity index (χ3n) is 7.00. The summed E-state index contributed by atoms with van der Waals surface area (Å²) in [5.74, 6) is 0.699.